The van der Waals surface area contributed by atoms with Crippen LogP contribution in [0.2, 0.25) is 0 Å². The zero-order chi connectivity index (χ0) is 18.4. The van der Waals surface area contributed by atoms with E-state index in [0.717, 1.165) is 11.6 Å². The zero-order valence-corrected chi connectivity index (χ0v) is 14.1. The van der Waals surface area contributed by atoms with Crippen LogP contribution in [0, 0.1) is 0 Å². The van der Waals surface area contributed by atoms with Gasteiger partial charge in [0.1, 0.15) is 6.61 Å². The predicted molar refractivity (Wildman–Crippen MR) is 89.7 cm³/mol. The molecule has 2 aromatic rings. The molecule has 6 heteroatoms. The summed E-state index contributed by atoms with van der Waals surface area (Å²) < 4.78 is 45.3. The fourth-order valence-corrected chi connectivity index (χ4v) is 2.64. The number of rotatable bonds is 6. The van der Waals surface area contributed by atoms with Gasteiger partial charge in [-0.15, -0.1) is 0 Å². The summed E-state index contributed by atoms with van der Waals surface area (Å²) in [6.07, 6.45) is -4.52. The number of benzene rings is 2. The molecule has 134 valence electrons. The Hall–Kier alpha value is -2.34. The van der Waals surface area contributed by atoms with E-state index in [-0.39, 0.29) is 12.1 Å². The van der Waals surface area contributed by atoms with Gasteiger partial charge < -0.3 is 10.1 Å². The Labute approximate surface area is 144 Å². The Bertz CT molecular complexity index is 727. The third-order valence-corrected chi connectivity index (χ3v) is 3.79. The predicted octanol–water partition coefficient (Wildman–Crippen LogP) is 4.55. The summed E-state index contributed by atoms with van der Waals surface area (Å²) in [5.41, 5.74) is 1.21. The topological polar surface area (TPSA) is 38.3 Å². The van der Waals surface area contributed by atoms with Gasteiger partial charge >= 0.3 is 12.1 Å². The molecule has 0 spiro atoms. The molecular formula is C19H20F3NO2. The normalized spacial score (nSPS) is 11.4. The van der Waals surface area contributed by atoms with Gasteiger partial charge in [-0.3, -0.25) is 4.79 Å². The fourth-order valence-electron chi connectivity index (χ4n) is 2.64. The monoisotopic (exact) mass is 351 g/mol. The van der Waals surface area contributed by atoms with Gasteiger partial charge in [-0.25, -0.2) is 0 Å². The summed E-state index contributed by atoms with van der Waals surface area (Å²) in [6, 6.07) is 11.7. The number of carbonyl (C=O) groups excluding carboxylic acids is 1. The summed E-state index contributed by atoms with van der Waals surface area (Å²) in [7, 11) is 0. The van der Waals surface area contributed by atoms with E-state index in [1.807, 2.05) is 37.3 Å². The number of hydrogen-bond acceptors (Lipinski definition) is 3. The highest BCUT2D eigenvalue weighted by Crippen LogP contribution is 2.37. The van der Waals surface area contributed by atoms with Gasteiger partial charge in [-0.05, 0) is 29.3 Å². The van der Waals surface area contributed by atoms with Crippen LogP contribution in [0.4, 0.5) is 13.2 Å². The highest BCUT2D eigenvalue weighted by atomic mass is 19.4. The molecule has 0 aliphatic carbocycles. The number of nitrogens with one attached hydrogen (secondary N) is 1. The maximum Gasteiger partial charge on any atom is 0.416 e. The number of alkyl halides is 3. The Morgan fingerprint density at radius 1 is 1.08 bits per heavy atom. The summed E-state index contributed by atoms with van der Waals surface area (Å²) in [6.45, 7) is 3.50. The van der Waals surface area contributed by atoms with Crippen LogP contribution >= 0.6 is 0 Å². The van der Waals surface area contributed by atoms with Crippen LogP contribution in [0.15, 0.2) is 42.5 Å². The van der Waals surface area contributed by atoms with E-state index in [0.29, 0.717) is 17.7 Å². The average molecular weight is 351 g/mol. The van der Waals surface area contributed by atoms with Crippen molar-refractivity contribution < 1.29 is 22.7 Å². The van der Waals surface area contributed by atoms with Gasteiger partial charge in [0, 0.05) is 19.0 Å². The van der Waals surface area contributed by atoms with Crippen molar-refractivity contribution in [2.45, 2.75) is 33.2 Å². The minimum atomic E-state index is -4.52. The van der Waals surface area contributed by atoms with Gasteiger partial charge in [0.05, 0.1) is 5.56 Å². The van der Waals surface area contributed by atoms with Crippen LogP contribution in [0.25, 0.3) is 11.1 Å². The van der Waals surface area contributed by atoms with E-state index in [2.05, 4.69) is 5.32 Å². The molecule has 0 aromatic heterocycles. The van der Waals surface area contributed by atoms with Gasteiger partial charge in [0.2, 0.25) is 0 Å². The number of ether oxygens (including phenoxy) is 1. The molecule has 3 nitrogen and oxygen atoms in total. The van der Waals surface area contributed by atoms with Gasteiger partial charge in [-0.2, -0.15) is 13.2 Å². The molecule has 0 saturated heterocycles. The first-order valence-corrected chi connectivity index (χ1v) is 7.96. The molecular weight excluding hydrogens is 331 g/mol. The molecule has 1 N–H and O–H groups in total. The third kappa shape index (κ3) is 4.82. The number of esters is 1. The van der Waals surface area contributed by atoms with E-state index in [1.165, 1.54) is 13.0 Å². The first kappa shape index (κ1) is 19.0. The standard InChI is InChI=1S/C19H20F3NO2/c1-3-23-11-16-15(14-7-5-4-6-8-14)9-10-18(19(20,21)22)17(16)12-25-13(2)24/h4-10,23H,3,11-12H2,1-2H3. The molecule has 0 radical (unpaired) electrons. The summed E-state index contributed by atoms with van der Waals surface area (Å²) in [5, 5.41) is 3.07. The van der Waals surface area contributed by atoms with E-state index in [4.69, 9.17) is 4.74 Å². The van der Waals surface area contributed by atoms with Crippen molar-refractivity contribution in [2.24, 2.45) is 0 Å². The maximum absolute atomic E-state index is 13.4. The average Bonchev–Trinajstić information content (AvgIpc) is 2.57. The van der Waals surface area contributed by atoms with Crippen molar-refractivity contribution >= 4 is 5.97 Å². The second-order valence-electron chi connectivity index (χ2n) is 5.54. The Morgan fingerprint density at radius 2 is 1.76 bits per heavy atom. The first-order chi connectivity index (χ1) is 11.8. The number of hydrogen-bond donors (Lipinski definition) is 1. The SMILES string of the molecule is CCNCc1c(-c2ccccc2)ccc(C(F)(F)F)c1COC(C)=O. The van der Waals surface area contributed by atoms with Crippen molar-refractivity contribution in [1.29, 1.82) is 0 Å². The second kappa shape index (κ2) is 8.16. The van der Waals surface area contributed by atoms with Crippen molar-refractivity contribution in [2.75, 3.05) is 6.54 Å². The van der Waals surface area contributed by atoms with Gasteiger partial charge in [0.25, 0.3) is 0 Å². The second-order valence-corrected chi connectivity index (χ2v) is 5.54. The van der Waals surface area contributed by atoms with Crippen LogP contribution in [0.3, 0.4) is 0 Å². The van der Waals surface area contributed by atoms with Crippen molar-refractivity contribution in [1.82, 2.24) is 5.32 Å². The van der Waals surface area contributed by atoms with E-state index >= 15 is 0 Å². The molecule has 2 rings (SSSR count). The fraction of sp³-hybridized carbons (Fsp3) is 0.316. The molecule has 25 heavy (non-hydrogen) atoms. The molecule has 0 atom stereocenters. The van der Waals surface area contributed by atoms with Crippen LogP contribution < -0.4 is 5.32 Å². The molecule has 0 amide bonds. The first-order valence-electron chi connectivity index (χ1n) is 7.96. The highest BCUT2D eigenvalue weighted by Gasteiger charge is 2.35. The molecule has 0 fully saturated rings. The Kier molecular flexibility index (Phi) is 6.20. The minimum Gasteiger partial charge on any atom is -0.461 e. The van der Waals surface area contributed by atoms with E-state index < -0.39 is 24.3 Å². The van der Waals surface area contributed by atoms with Gasteiger partial charge in [-0.1, -0.05) is 43.3 Å². The van der Waals surface area contributed by atoms with Crippen molar-refractivity contribution in [3.8, 4) is 11.1 Å². The van der Waals surface area contributed by atoms with Crippen LogP contribution in [0.5, 0.6) is 0 Å². The van der Waals surface area contributed by atoms with Crippen LogP contribution in [0.1, 0.15) is 30.5 Å². The van der Waals surface area contributed by atoms with Crippen LogP contribution in [-0.2, 0) is 28.9 Å². The van der Waals surface area contributed by atoms with E-state index in [9.17, 15) is 18.0 Å². The number of carbonyl (C=O) groups is 1. The van der Waals surface area contributed by atoms with Crippen molar-refractivity contribution in [3.05, 3.63) is 59.2 Å². The van der Waals surface area contributed by atoms with Gasteiger partial charge in [0.15, 0.2) is 0 Å². The van der Waals surface area contributed by atoms with Crippen molar-refractivity contribution in [3.63, 3.8) is 0 Å². The largest absolute Gasteiger partial charge is 0.461 e. The quantitative estimate of drug-likeness (QED) is 0.776. The highest BCUT2D eigenvalue weighted by molar-refractivity contribution is 5.70. The molecule has 0 heterocycles. The molecule has 2 aromatic carbocycles. The summed E-state index contributed by atoms with van der Waals surface area (Å²) in [5.74, 6) is -0.618. The summed E-state index contributed by atoms with van der Waals surface area (Å²) in [4.78, 5) is 11.1. The third-order valence-electron chi connectivity index (χ3n) is 3.79. The molecule has 0 bridgehead atoms. The lowest BCUT2D eigenvalue weighted by Gasteiger charge is -2.21. The van der Waals surface area contributed by atoms with E-state index in [1.54, 1.807) is 0 Å². The summed E-state index contributed by atoms with van der Waals surface area (Å²) >= 11 is 0. The Balaban J connectivity index is 2.64. The lowest BCUT2D eigenvalue weighted by molar-refractivity contribution is -0.145. The molecule has 0 unspecified atom stereocenters. The Morgan fingerprint density at radius 3 is 2.32 bits per heavy atom. The minimum absolute atomic E-state index is 0.00926. The molecule has 0 saturated carbocycles. The molecule has 0 aliphatic heterocycles. The lowest BCUT2D eigenvalue weighted by Crippen LogP contribution is -2.19. The maximum atomic E-state index is 13.4. The lowest BCUT2D eigenvalue weighted by atomic mass is 9.91. The number of halogens is 3. The van der Waals surface area contributed by atoms with Crippen LogP contribution in [-0.4, -0.2) is 12.5 Å². The molecule has 0 aliphatic rings. The smallest absolute Gasteiger partial charge is 0.416 e. The zero-order valence-electron chi connectivity index (χ0n) is 14.1.